The molecule has 1 saturated carbocycles. The molecule has 6 nitrogen and oxygen atoms in total. The van der Waals surface area contributed by atoms with E-state index < -0.39 is 16.1 Å². The molecule has 8 heteroatoms. The summed E-state index contributed by atoms with van der Waals surface area (Å²) in [5.41, 5.74) is 1.37. The van der Waals surface area contributed by atoms with Gasteiger partial charge in [0.2, 0.25) is 10.0 Å². The molecule has 2 aromatic rings. The average molecular weight is 370 g/mol. The van der Waals surface area contributed by atoms with E-state index in [2.05, 4.69) is 9.82 Å². The lowest BCUT2D eigenvalue weighted by atomic mass is 9.76. The van der Waals surface area contributed by atoms with E-state index in [-0.39, 0.29) is 21.9 Å². The van der Waals surface area contributed by atoms with E-state index in [0.717, 1.165) is 5.56 Å². The molecule has 0 aliphatic heterocycles. The molecule has 0 unspecified atom stereocenters. The van der Waals surface area contributed by atoms with Crippen molar-refractivity contribution >= 4 is 21.6 Å². The summed E-state index contributed by atoms with van der Waals surface area (Å²) in [6, 6.07) is 4.56. The number of aliphatic hydroxyl groups is 1. The normalized spacial score (nSPS) is 22.2. The van der Waals surface area contributed by atoms with Gasteiger partial charge in [0.15, 0.2) is 0 Å². The minimum Gasteiger partial charge on any atom is -0.393 e. The fourth-order valence-electron chi connectivity index (χ4n) is 3.12. The molecule has 24 heavy (non-hydrogen) atoms. The van der Waals surface area contributed by atoms with Crippen LogP contribution in [0.4, 0.5) is 0 Å². The molecule has 0 bridgehead atoms. The van der Waals surface area contributed by atoms with Gasteiger partial charge in [0.05, 0.1) is 23.4 Å². The van der Waals surface area contributed by atoms with Crippen molar-refractivity contribution in [2.24, 2.45) is 13.0 Å². The fourth-order valence-corrected chi connectivity index (χ4v) is 5.25. The number of hydrogen-bond acceptors (Lipinski definition) is 4. The number of benzene rings is 1. The molecule has 2 N–H and O–H groups in total. The summed E-state index contributed by atoms with van der Waals surface area (Å²) in [4.78, 5) is 0.0976. The van der Waals surface area contributed by atoms with Crippen LogP contribution in [-0.2, 0) is 17.1 Å². The first-order valence-electron chi connectivity index (χ1n) is 7.72. The van der Waals surface area contributed by atoms with Gasteiger partial charge in [0, 0.05) is 18.8 Å². The van der Waals surface area contributed by atoms with Crippen LogP contribution in [0.2, 0.25) is 5.02 Å². The molecule has 1 fully saturated rings. The molecule has 1 aromatic heterocycles. The van der Waals surface area contributed by atoms with Crippen LogP contribution in [0.5, 0.6) is 0 Å². The summed E-state index contributed by atoms with van der Waals surface area (Å²) in [5.74, 6) is 0.0294. The van der Waals surface area contributed by atoms with Crippen LogP contribution in [0, 0.1) is 12.8 Å². The Morgan fingerprint density at radius 2 is 2.12 bits per heavy atom. The van der Waals surface area contributed by atoms with E-state index in [1.165, 1.54) is 0 Å². The van der Waals surface area contributed by atoms with E-state index in [9.17, 15) is 13.5 Å². The number of rotatable bonds is 5. The van der Waals surface area contributed by atoms with Gasteiger partial charge >= 0.3 is 0 Å². The largest absolute Gasteiger partial charge is 0.393 e. The maximum atomic E-state index is 12.9. The SMILES string of the molecule is Cc1cccc(Cl)c1S(=O)(=O)N[C@H](c1cnn(C)c1)C1CC(O)C1. The number of aliphatic hydroxyl groups excluding tert-OH is 1. The summed E-state index contributed by atoms with van der Waals surface area (Å²) in [7, 11) is -2.02. The Bertz CT molecular complexity index is 824. The predicted molar refractivity (Wildman–Crippen MR) is 91.2 cm³/mol. The van der Waals surface area contributed by atoms with Crippen LogP contribution in [0.3, 0.4) is 0 Å². The van der Waals surface area contributed by atoms with E-state index in [1.54, 1.807) is 49.2 Å². The zero-order valence-electron chi connectivity index (χ0n) is 13.5. The topological polar surface area (TPSA) is 84.2 Å². The Labute approximate surface area is 146 Å². The van der Waals surface area contributed by atoms with Gasteiger partial charge in [0.25, 0.3) is 0 Å². The van der Waals surface area contributed by atoms with E-state index in [1.807, 2.05) is 0 Å². The van der Waals surface area contributed by atoms with Gasteiger partial charge in [-0.1, -0.05) is 23.7 Å². The Morgan fingerprint density at radius 3 is 2.67 bits per heavy atom. The van der Waals surface area contributed by atoms with Gasteiger partial charge in [-0.05, 0) is 37.3 Å². The molecule has 0 spiro atoms. The third kappa shape index (κ3) is 3.35. The maximum Gasteiger partial charge on any atom is 0.242 e. The Kier molecular flexibility index (Phi) is 4.70. The van der Waals surface area contributed by atoms with Crippen molar-refractivity contribution in [1.29, 1.82) is 0 Å². The third-order valence-electron chi connectivity index (χ3n) is 4.42. The summed E-state index contributed by atoms with van der Waals surface area (Å²) in [6.45, 7) is 1.71. The van der Waals surface area contributed by atoms with Crippen molar-refractivity contribution in [2.75, 3.05) is 0 Å². The molecule has 1 heterocycles. The fraction of sp³-hybridized carbons (Fsp3) is 0.438. The predicted octanol–water partition coefficient (Wildman–Crippen LogP) is 2.17. The minimum absolute atomic E-state index is 0.0294. The lowest BCUT2D eigenvalue weighted by Crippen LogP contribution is -2.41. The highest BCUT2D eigenvalue weighted by Crippen LogP contribution is 2.39. The van der Waals surface area contributed by atoms with Crippen molar-refractivity contribution in [1.82, 2.24) is 14.5 Å². The Balaban J connectivity index is 1.95. The lowest BCUT2D eigenvalue weighted by Gasteiger charge is -2.37. The molecule has 0 saturated heterocycles. The van der Waals surface area contributed by atoms with Gasteiger partial charge in [-0.2, -0.15) is 5.10 Å². The third-order valence-corrected chi connectivity index (χ3v) is 6.49. The van der Waals surface area contributed by atoms with Crippen LogP contribution in [-0.4, -0.2) is 29.4 Å². The van der Waals surface area contributed by atoms with Crippen LogP contribution >= 0.6 is 11.6 Å². The Hall–Kier alpha value is -1.41. The number of hydrogen-bond donors (Lipinski definition) is 2. The van der Waals surface area contributed by atoms with Crippen LogP contribution in [0.15, 0.2) is 35.5 Å². The molecule has 130 valence electrons. The second-order valence-corrected chi connectivity index (χ2v) is 8.38. The van der Waals surface area contributed by atoms with Crippen molar-refractivity contribution in [2.45, 2.75) is 36.8 Å². The lowest BCUT2D eigenvalue weighted by molar-refractivity contribution is 0.0280. The summed E-state index contributed by atoms with van der Waals surface area (Å²) >= 11 is 6.12. The molecule has 1 aliphatic rings. The molecule has 0 amide bonds. The Morgan fingerprint density at radius 1 is 1.42 bits per heavy atom. The van der Waals surface area contributed by atoms with Gasteiger partial charge in [-0.15, -0.1) is 0 Å². The first-order chi connectivity index (χ1) is 11.3. The summed E-state index contributed by atoms with van der Waals surface area (Å²) in [6.07, 6.45) is 4.18. The van der Waals surface area contributed by atoms with E-state index in [0.29, 0.717) is 18.4 Å². The molecule has 1 aromatic carbocycles. The minimum atomic E-state index is -3.80. The van der Waals surface area contributed by atoms with Crippen LogP contribution in [0.25, 0.3) is 0 Å². The standard InChI is InChI=1S/C16H20ClN3O3S/c1-10-4-3-5-14(17)16(10)24(22,23)19-15(11-6-13(21)7-11)12-8-18-20(2)9-12/h3-5,8-9,11,13,15,19,21H,6-7H2,1-2H3/t11?,13?,15-/m0/s1. The smallest absolute Gasteiger partial charge is 0.242 e. The molecule has 1 atom stereocenters. The first kappa shape index (κ1) is 17.4. The number of nitrogens with zero attached hydrogens (tertiary/aromatic N) is 2. The summed E-state index contributed by atoms with van der Waals surface area (Å²) in [5, 5.41) is 13.9. The number of aromatic nitrogens is 2. The van der Waals surface area contributed by atoms with Crippen LogP contribution in [0.1, 0.15) is 30.0 Å². The zero-order valence-corrected chi connectivity index (χ0v) is 15.0. The molecule has 0 radical (unpaired) electrons. The highest BCUT2D eigenvalue weighted by atomic mass is 35.5. The molecular formula is C16H20ClN3O3S. The van der Waals surface area contributed by atoms with Crippen molar-refractivity contribution < 1.29 is 13.5 Å². The number of nitrogens with one attached hydrogen (secondary N) is 1. The van der Waals surface area contributed by atoms with Crippen molar-refractivity contribution in [3.05, 3.63) is 46.7 Å². The van der Waals surface area contributed by atoms with Crippen molar-refractivity contribution in [3.8, 4) is 0 Å². The van der Waals surface area contributed by atoms with Crippen molar-refractivity contribution in [3.63, 3.8) is 0 Å². The number of halogens is 1. The molecular weight excluding hydrogens is 350 g/mol. The second-order valence-electron chi connectivity index (χ2n) is 6.32. The second kappa shape index (κ2) is 6.48. The first-order valence-corrected chi connectivity index (χ1v) is 9.58. The van der Waals surface area contributed by atoms with Gasteiger partial charge in [-0.3, -0.25) is 4.68 Å². The number of aryl methyl sites for hydroxylation is 2. The monoisotopic (exact) mass is 369 g/mol. The zero-order chi connectivity index (χ0) is 17.5. The van der Waals surface area contributed by atoms with Crippen LogP contribution < -0.4 is 4.72 Å². The molecule has 1 aliphatic carbocycles. The molecule has 3 rings (SSSR count). The quantitative estimate of drug-likeness (QED) is 0.846. The highest BCUT2D eigenvalue weighted by Gasteiger charge is 2.38. The highest BCUT2D eigenvalue weighted by molar-refractivity contribution is 7.89. The average Bonchev–Trinajstić information content (AvgIpc) is 2.88. The van der Waals surface area contributed by atoms with Gasteiger partial charge in [-0.25, -0.2) is 13.1 Å². The summed E-state index contributed by atoms with van der Waals surface area (Å²) < 4.78 is 30.2. The van der Waals surface area contributed by atoms with E-state index in [4.69, 9.17) is 11.6 Å². The van der Waals surface area contributed by atoms with Gasteiger partial charge in [0.1, 0.15) is 4.90 Å². The van der Waals surface area contributed by atoms with Gasteiger partial charge < -0.3 is 5.11 Å². The maximum absolute atomic E-state index is 12.9. The van der Waals surface area contributed by atoms with E-state index >= 15 is 0 Å². The number of sulfonamides is 1.